The molecule has 0 saturated heterocycles. The normalized spacial score (nSPS) is 10.7. The van der Waals surface area contributed by atoms with Gasteiger partial charge >= 0.3 is 0 Å². The van der Waals surface area contributed by atoms with Crippen LogP contribution in [0.2, 0.25) is 0 Å². The molecule has 0 aliphatic carbocycles. The van der Waals surface area contributed by atoms with Crippen molar-refractivity contribution in [2.75, 3.05) is 0 Å². The zero-order valence-electron chi connectivity index (χ0n) is 9.79. The van der Waals surface area contributed by atoms with Gasteiger partial charge in [-0.15, -0.1) is 10.2 Å². The third kappa shape index (κ3) is 2.00. The fraction of sp³-hybridized carbons (Fsp3) is 0.167. The number of para-hydroxylation sites is 1. The Morgan fingerprint density at radius 1 is 1.28 bits per heavy atom. The first-order chi connectivity index (χ1) is 8.83. The minimum Gasteiger partial charge on any atom is -0.485 e. The fourth-order valence-corrected chi connectivity index (χ4v) is 1.77. The maximum absolute atomic E-state index is 5.72. The van der Waals surface area contributed by atoms with Gasteiger partial charge in [-0.3, -0.25) is 4.98 Å². The molecule has 3 aromatic rings. The quantitative estimate of drug-likeness (QED) is 0.754. The lowest BCUT2D eigenvalue weighted by Gasteiger charge is -2.08. The summed E-state index contributed by atoms with van der Waals surface area (Å²) in [4.78, 5) is 4.45. The molecule has 6 heteroatoms. The van der Waals surface area contributed by atoms with Gasteiger partial charge in [0.05, 0.1) is 5.52 Å². The number of fused-ring (bicyclic) bond motifs is 1. The standard InChI is InChI=1S/C12H11N5O/c1-8-6-11(18-7-12-14-16-17-15-12)9-4-2-3-5-10(9)13-8/h2-6H,7H2,1H3,(H,14,15,16,17). The second kappa shape index (κ2) is 4.40. The number of aromatic amines is 1. The molecule has 0 fully saturated rings. The van der Waals surface area contributed by atoms with Crippen molar-refractivity contribution in [2.24, 2.45) is 0 Å². The van der Waals surface area contributed by atoms with Gasteiger partial charge in [-0.2, -0.15) is 5.21 Å². The van der Waals surface area contributed by atoms with Gasteiger partial charge in [0.25, 0.3) is 0 Å². The smallest absolute Gasteiger partial charge is 0.211 e. The second-order valence-corrected chi connectivity index (χ2v) is 3.90. The van der Waals surface area contributed by atoms with Gasteiger partial charge in [-0.1, -0.05) is 17.3 Å². The average Bonchev–Trinajstić information content (AvgIpc) is 2.89. The lowest BCUT2D eigenvalue weighted by molar-refractivity contribution is 0.299. The maximum atomic E-state index is 5.72. The molecule has 0 unspecified atom stereocenters. The number of hydrogen-bond donors (Lipinski definition) is 1. The number of hydrogen-bond acceptors (Lipinski definition) is 5. The van der Waals surface area contributed by atoms with Crippen LogP contribution in [0.4, 0.5) is 0 Å². The number of nitrogens with zero attached hydrogens (tertiary/aromatic N) is 4. The van der Waals surface area contributed by atoms with Crippen molar-refractivity contribution in [3.05, 3.63) is 41.9 Å². The van der Waals surface area contributed by atoms with Gasteiger partial charge in [0.15, 0.2) is 6.61 Å². The van der Waals surface area contributed by atoms with E-state index in [-0.39, 0.29) is 6.61 Å². The monoisotopic (exact) mass is 241 g/mol. The predicted octanol–water partition coefficient (Wildman–Crippen LogP) is 1.64. The molecule has 0 amide bonds. The Bertz CT molecular complexity index is 665. The van der Waals surface area contributed by atoms with E-state index in [9.17, 15) is 0 Å². The first kappa shape index (κ1) is 10.6. The van der Waals surface area contributed by atoms with E-state index in [1.807, 2.05) is 37.3 Å². The lowest BCUT2D eigenvalue weighted by Crippen LogP contribution is -1.99. The first-order valence-electron chi connectivity index (χ1n) is 5.54. The number of ether oxygens (including phenoxy) is 1. The average molecular weight is 241 g/mol. The van der Waals surface area contributed by atoms with E-state index in [1.165, 1.54) is 0 Å². The molecule has 2 heterocycles. The van der Waals surface area contributed by atoms with E-state index in [1.54, 1.807) is 0 Å². The van der Waals surface area contributed by atoms with E-state index in [0.29, 0.717) is 5.82 Å². The summed E-state index contributed by atoms with van der Waals surface area (Å²) >= 11 is 0. The predicted molar refractivity (Wildman–Crippen MR) is 65.0 cm³/mol. The molecule has 0 aliphatic rings. The maximum Gasteiger partial charge on any atom is 0.211 e. The van der Waals surface area contributed by atoms with Crippen LogP contribution in [0.1, 0.15) is 11.5 Å². The molecule has 0 saturated carbocycles. The highest BCUT2D eigenvalue weighted by Gasteiger charge is 2.06. The Morgan fingerprint density at radius 3 is 3.00 bits per heavy atom. The molecule has 6 nitrogen and oxygen atoms in total. The number of aryl methyl sites for hydroxylation is 1. The molecule has 0 aliphatic heterocycles. The fourth-order valence-electron chi connectivity index (χ4n) is 1.77. The van der Waals surface area contributed by atoms with Gasteiger partial charge in [0.2, 0.25) is 5.82 Å². The molecule has 1 N–H and O–H groups in total. The zero-order chi connectivity index (χ0) is 12.4. The van der Waals surface area contributed by atoms with Gasteiger partial charge < -0.3 is 4.74 Å². The van der Waals surface area contributed by atoms with Gasteiger partial charge in [0.1, 0.15) is 5.75 Å². The van der Waals surface area contributed by atoms with Crippen LogP contribution >= 0.6 is 0 Å². The van der Waals surface area contributed by atoms with Crippen molar-refractivity contribution < 1.29 is 4.74 Å². The molecule has 0 bridgehead atoms. The summed E-state index contributed by atoms with van der Waals surface area (Å²) in [7, 11) is 0. The summed E-state index contributed by atoms with van der Waals surface area (Å²) < 4.78 is 5.72. The van der Waals surface area contributed by atoms with E-state index in [4.69, 9.17) is 4.74 Å². The van der Waals surface area contributed by atoms with E-state index in [2.05, 4.69) is 25.6 Å². The number of aromatic nitrogens is 5. The van der Waals surface area contributed by atoms with Crippen LogP contribution in [-0.4, -0.2) is 25.6 Å². The Kier molecular flexibility index (Phi) is 2.60. The number of H-pyrrole nitrogens is 1. The van der Waals surface area contributed by atoms with Crippen LogP contribution in [0.5, 0.6) is 5.75 Å². The SMILES string of the molecule is Cc1cc(OCc2nn[nH]n2)c2ccccc2n1. The highest BCUT2D eigenvalue weighted by Crippen LogP contribution is 2.25. The highest BCUT2D eigenvalue weighted by atomic mass is 16.5. The number of rotatable bonds is 3. The molecule has 2 aromatic heterocycles. The van der Waals surface area contributed by atoms with Crippen molar-refractivity contribution in [3.8, 4) is 5.75 Å². The van der Waals surface area contributed by atoms with Crippen LogP contribution in [0.15, 0.2) is 30.3 Å². The zero-order valence-corrected chi connectivity index (χ0v) is 9.79. The minimum absolute atomic E-state index is 0.282. The van der Waals surface area contributed by atoms with E-state index < -0.39 is 0 Å². The van der Waals surface area contributed by atoms with Crippen molar-refractivity contribution >= 4 is 10.9 Å². The highest BCUT2D eigenvalue weighted by molar-refractivity contribution is 5.85. The minimum atomic E-state index is 0.282. The van der Waals surface area contributed by atoms with Crippen LogP contribution in [-0.2, 0) is 6.61 Å². The Morgan fingerprint density at radius 2 is 2.17 bits per heavy atom. The number of benzene rings is 1. The summed E-state index contributed by atoms with van der Waals surface area (Å²) in [6.45, 7) is 2.22. The molecular formula is C12H11N5O. The molecule has 90 valence electrons. The number of tetrazole rings is 1. The van der Waals surface area contributed by atoms with Gasteiger partial charge in [-0.25, -0.2) is 0 Å². The summed E-state index contributed by atoms with van der Waals surface area (Å²) in [5.41, 5.74) is 1.83. The summed E-state index contributed by atoms with van der Waals surface area (Å²) in [6, 6.07) is 9.76. The lowest BCUT2D eigenvalue weighted by atomic mass is 10.2. The topological polar surface area (TPSA) is 76.6 Å². The van der Waals surface area contributed by atoms with Crippen molar-refractivity contribution in [1.29, 1.82) is 0 Å². The largest absolute Gasteiger partial charge is 0.485 e. The Balaban J connectivity index is 1.95. The van der Waals surface area contributed by atoms with E-state index in [0.717, 1.165) is 22.3 Å². The van der Waals surface area contributed by atoms with Crippen LogP contribution in [0, 0.1) is 6.92 Å². The Labute approximate surface area is 103 Å². The van der Waals surface area contributed by atoms with Crippen LogP contribution in [0.3, 0.4) is 0 Å². The second-order valence-electron chi connectivity index (χ2n) is 3.90. The molecule has 18 heavy (non-hydrogen) atoms. The number of pyridine rings is 1. The van der Waals surface area contributed by atoms with Crippen LogP contribution < -0.4 is 4.74 Å². The summed E-state index contributed by atoms with van der Waals surface area (Å²) in [5, 5.41) is 14.5. The molecule has 0 spiro atoms. The summed E-state index contributed by atoms with van der Waals surface area (Å²) in [5.74, 6) is 1.30. The first-order valence-corrected chi connectivity index (χ1v) is 5.54. The third-order valence-corrected chi connectivity index (χ3v) is 2.55. The Hall–Kier alpha value is -2.50. The molecule has 3 rings (SSSR count). The van der Waals surface area contributed by atoms with Gasteiger partial charge in [-0.05, 0) is 19.1 Å². The van der Waals surface area contributed by atoms with E-state index >= 15 is 0 Å². The summed E-state index contributed by atoms with van der Waals surface area (Å²) in [6.07, 6.45) is 0. The van der Waals surface area contributed by atoms with Crippen molar-refractivity contribution in [2.45, 2.75) is 13.5 Å². The molecule has 1 aromatic carbocycles. The third-order valence-electron chi connectivity index (χ3n) is 2.55. The van der Waals surface area contributed by atoms with Crippen LogP contribution in [0.25, 0.3) is 10.9 Å². The van der Waals surface area contributed by atoms with Crippen molar-refractivity contribution in [3.63, 3.8) is 0 Å². The van der Waals surface area contributed by atoms with Gasteiger partial charge in [0, 0.05) is 17.1 Å². The van der Waals surface area contributed by atoms with Crippen molar-refractivity contribution in [1.82, 2.24) is 25.6 Å². The molecular weight excluding hydrogens is 230 g/mol. The molecule has 0 atom stereocenters. The molecule has 0 radical (unpaired) electrons. The number of nitrogens with one attached hydrogen (secondary N) is 1.